The van der Waals surface area contributed by atoms with E-state index in [1.807, 2.05) is 23.2 Å². The first kappa shape index (κ1) is 21.5. The Kier molecular flexibility index (Phi) is 5.85. The van der Waals surface area contributed by atoms with Crippen LogP contribution in [0.15, 0.2) is 38.8 Å². The maximum Gasteiger partial charge on any atom is 0.325 e. The van der Waals surface area contributed by atoms with Crippen molar-refractivity contribution in [2.45, 2.75) is 50.0 Å². The molecule has 4 rings (SSSR count). The maximum atomic E-state index is 13.1. The van der Waals surface area contributed by atoms with Gasteiger partial charge in [0.1, 0.15) is 0 Å². The van der Waals surface area contributed by atoms with Crippen molar-refractivity contribution in [1.82, 2.24) is 19.6 Å². The van der Waals surface area contributed by atoms with Gasteiger partial charge in [0.15, 0.2) is 4.90 Å². The molecule has 2 aliphatic rings. The van der Waals surface area contributed by atoms with Gasteiger partial charge in [-0.15, -0.1) is 0 Å². The summed E-state index contributed by atoms with van der Waals surface area (Å²) in [6, 6.07) is 7.98. The van der Waals surface area contributed by atoms with Crippen LogP contribution in [0.5, 0.6) is 0 Å². The molecule has 1 fully saturated rings. The van der Waals surface area contributed by atoms with Gasteiger partial charge in [0, 0.05) is 18.8 Å². The van der Waals surface area contributed by atoms with Gasteiger partial charge in [-0.1, -0.05) is 24.3 Å². The maximum absolute atomic E-state index is 13.1. The van der Waals surface area contributed by atoms with Crippen LogP contribution in [0.25, 0.3) is 0 Å². The number of carbonyl (C=O) groups is 1. The van der Waals surface area contributed by atoms with Gasteiger partial charge in [-0.25, -0.2) is 13.2 Å². The number of fused-ring (bicyclic) bond motifs is 1. The minimum atomic E-state index is -4.15. The topological polar surface area (TPSA) is 132 Å². The van der Waals surface area contributed by atoms with Gasteiger partial charge in [-0.2, -0.15) is 4.31 Å². The molecule has 1 saturated heterocycles. The first-order chi connectivity index (χ1) is 14.8. The highest BCUT2D eigenvalue weighted by Gasteiger charge is 2.36. The van der Waals surface area contributed by atoms with Crippen LogP contribution in [-0.4, -0.2) is 41.7 Å². The van der Waals surface area contributed by atoms with Crippen LogP contribution in [0.2, 0.25) is 0 Å². The smallest absolute Gasteiger partial charge is 0.325 e. The highest BCUT2D eigenvalue weighted by Crippen LogP contribution is 2.30. The summed E-state index contributed by atoms with van der Waals surface area (Å²) in [5.74, 6) is -0.673. The van der Waals surface area contributed by atoms with E-state index in [1.54, 1.807) is 0 Å². The zero-order valence-corrected chi connectivity index (χ0v) is 18.1. The van der Waals surface area contributed by atoms with Crippen molar-refractivity contribution in [3.8, 4) is 0 Å². The molecule has 31 heavy (non-hydrogen) atoms. The number of hydrogen-bond donors (Lipinski definition) is 3. The Balaban J connectivity index is 1.52. The van der Waals surface area contributed by atoms with Gasteiger partial charge in [0.25, 0.3) is 5.56 Å². The van der Waals surface area contributed by atoms with Crippen molar-refractivity contribution < 1.29 is 13.2 Å². The van der Waals surface area contributed by atoms with Crippen LogP contribution in [0.3, 0.4) is 0 Å². The van der Waals surface area contributed by atoms with Crippen molar-refractivity contribution in [3.05, 3.63) is 61.9 Å². The average molecular weight is 447 g/mol. The summed E-state index contributed by atoms with van der Waals surface area (Å²) in [5, 5.41) is 3.11. The van der Waals surface area contributed by atoms with Gasteiger partial charge in [-0.05, 0) is 50.2 Å². The standard InChI is InChI=1S/C21H26N4O5S/c1-13-18(20(27)24-21(28)22-13)31(29,30)25-11-5-8-15(12-25)19(26)23-17-10-4-7-14-6-2-3-9-16(14)17/h2-3,6,9,15,17H,4-5,7-8,10-12H2,1H3,(H,23,26)(H2,22,24,27,28)/t15-,17+/m1/s1. The normalized spacial score (nSPS) is 22.0. The van der Waals surface area contributed by atoms with E-state index < -0.39 is 32.1 Å². The SMILES string of the molecule is Cc1[nH]c(=O)[nH]c(=O)c1S(=O)(=O)N1CCC[C@@H](C(=O)N[C@H]2CCCc3ccccc32)C1. The van der Waals surface area contributed by atoms with Crippen LogP contribution in [0, 0.1) is 12.8 Å². The number of aryl methyl sites for hydroxylation is 2. The Morgan fingerprint density at radius 3 is 2.68 bits per heavy atom. The average Bonchev–Trinajstić information content (AvgIpc) is 2.73. The van der Waals surface area contributed by atoms with Crippen LogP contribution >= 0.6 is 0 Å². The van der Waals surface area contributed by atoms with Gasteiger partial charge >= 0.3 is 5.69 Å². The van der Waals surface area contributed by atoms with Crippen molar-refractivity contribution >= 4 is 15.9 Å². The number of piperidine rings is 1. The van der Waals surface area contributed by atoms with E-state index in [0.29, 0.717) is 12.8 Å². The number of aromatic nitrogens is 2. The van der Waals surface area contributed by atoms with Crippen LogP contribution in [0.1, 0.15) is 48.5 Å². The van der Waals surface area contributed by atoms with Gasteiger partial charge in [0.2, 0.25) is 15.9 Å². The summed E-state index contributed by atoms with van der Waals surface area (Å²) in [4.78, 5) is 40.4. The number of nitrogens with zero attached hydrogens (tertiary/aromatic N) is 1. The molecule has 0 radical (unpaired) electrons. The van der Waals surface area contributed by atoms with E-state index >= 15 is 0 Å². The third-order valence-electron chi connectivity index (χ3n) is 6.11. The molecule has 0 bridgehead atoms. The zero-order chi connectivity index (χ0) is 22.2. The largest absolute Gasteiger partial charge is 0.349 e. The number of sulfonamides is 1. The van der Waals surface area contributed by atoms with Crippen molar-refractivity contribution in [1.29, 1.82) is 0 Å². The lowest BCUT2D eigenvalue weighted by Gasteiger charge is -2.33. The highest BCUT2D eigenvalue weighted by molar-refractivity contribution is 7.89. The minimum absolute atomic E-state index is 0.000536. The monoisotopic (exact) mass is 446 g/mol. The number of rotatable bonds is 4. The summed E-state index contributed by atoms with van der Waals surface area (Å²) < 4.78 is 27.4. The Labute approximate surface area is 179 Å². The van der Waals surface area contributed by atoms with E-state index in [1.165, 1.54) is 16.8 Å². The Bertz CT molecular complexity index is 1220. The Morgan fingerprint density at radius 1 is 1.13 bits per heavy atom. The summed E-state index contributed by atoms with van der Waals surface area (Å²) >= 11 is 0. The van der Waals surface area contributed by atoms with Gasteiger partial charge in [-0.3, -0.25) is 14.6 Å². The van der Waals surface area contributed by atoms with E-state index in [0.717, 1.165) is 24.8 Å². The highest BCUT2D eigenvalue weighted by atomic mass is 32.2. The van der Waals surface area contributed by atoms with Crippen LogP contribution in [0.4, 0.5) is 0 Å². The molecule has 1 aliphatic carbocycles. The first-order valence-electron chi connectivity index (χ1n) is 10.5. The Hall–Kier alpha value is -2.72. The second-order valence-corrected chi connectivity index (χ2v) is 10.1. The van der Waals surface area contributed by atoms with E-state index in [2.05, 4.69) is 16.4 Å². The lowest BCUT2D eigenvalue weighted by Crippen LogP contribution is -2.47. The molecule has 10 heteroatoms. The van der Waals surface area contributed by atoms with E-state index in [9.17, 15) is 22.8 Å². The minimum Gasteiger partial charge on any atom is -0.349 e. The molecule has 2 aromatic rings. The van der Waals surface area contributed by atoms with E-state index in [4.69, 9.17) is 0 Å². The molecule has 3 N–H and O–H groups in total. The molecule has 2 atom stereocenters. The molecule has 2 heterocycles. The molecule has 1 aliphatic heterocycles. The third-order valence-corrected chi connectivity index (χ3v) is 8.13. The summed E-state index contributed by atoms with van der Waals surface area (Å²) in [6.45, 7) is 1.59. The van der Waals surface area contributed by atoms with Crippen molar-refractivity contribution in [2.24, 2.45) is 5.92 Å². The summed E-state index contributed by atoms with van der Waals surface area (Å²) in [7, 11) is -4.15. The second-order valence-electron chi connectivity index (χ2n) is 8.22. The predicted octanol–water partition coefficient (Wildman–Crippen LogP) is 0.966. The third kappa shape index (κ3) is 4.22. The van der Waals surface area contributed by atoms with Gasteiger partial charge in [0.05, 0.1) is 12.0 Å². The number of H-pyrrole nitrogens is 2. The summed E-state index contributed by atoms with van der Waals surface area (Å²) in [6.07, 6.45) is 3.92. The van der Waals surface area contributed by atoms with E-state index in [-0.39, 0.29) is 30.7 Å². The van der Waals surface area contributed by atoms with Crippen molar-refractivity contribution in [2.75, 3.05) is 13.1 Å². The Morgan fingerprint density at radius 2 is 1.90 bits per heavy atom. The zero-order valence-electron chi connectivity index (χ0n) is 17.3. The second kappa shape index (κ2) is 8.43. The fraction of sp³-hybridized carbons (Fsp3) is 0.476. The number of amides is 1. The number of nitrogens with one attached hydrogen (secondary N) is 3. The lowest BCUT2D eigenvalue weighted by molar-refractivity contribution is -0.127. The number of hydrogen-bond acceptors (Lipinski definition) is 5. The lowest BCUT2D eigenvalue weighted by atomic mass is 9.87. The molecular weight excluding hydrogens is 420 g/mol. The van der Waals surface area contributed by atoms with Crippen LogP contribution in [-0.2, 0) is 21.2 Å². The summed E-state index contributed by atoms with van der Waals surface area (Å²) in [5.41, 5.74) is 0.633. The fourth-order valence-electron chi connectivity index (χ4n) is 4.60. The molecule has 0 spiro atoms. The fourth-order valence-corrected chi connectivity index (χ4v) is 6.32. The number of carbonyl (C=O) groups excluding carboxylic acids is 1. The van der Waals surface area contributed by atoms with Crippen LogP contribution < -0.4 is 16.6 Å². The predicted molar refractivity (Wildman–Crippen MR) is 114 cm³/mol. The first-order valence-corrected chi connectivity index (χ1v) is 11.9. The molecule has 0 unspecified atom stereocenters. The number of benzene rings is 1. The molecule has 0 saturated carbocycles. The number of aromatic amines is 2. The molecule has 1 amide bonds. The molecule has 1 aromatic heterocycles. The quantitative estimate of drug-likeness (QED) is 0.644. The van der Waals surface area contributed by atoms with Crippen molar-refractivity contribution in [3.63, 3.8) is 0 Å². The molecular formula is C21H26N4O5S. The van der Waals surface area contributed by atoms with Gasteiger partial charge < -0.3 is 10.3 Å². The molecule has 1 aromatic carbocycles. The molecule has 166 valence electrons. The molecule has 9 nitrogen and oxygen atoms in total.